The summed E-state index contributed by atoms with van der Waals surface area (Å²) in [5, 5.41) is 21.1. The van der Waals surface area contributed by atoms with Crippen LogP contribution in [0.3, 0.4) is 0 Å². The lowest BCUT2D eigenvalue weighted by Gasteiger charge is -2.27. The molecule has 0 saturated carbocycles. The van der Waals surface area contributed by atoms with Gasteiger partial charge in [0.1, 0.15) is 5.82 Å². The Bertz CT molecular complexity index is 460. The maximum atomic E-state index is 9.21. The zero-order valence-corrected chi connectivity index (χ0v) is 11.2. The zero-order valence-electron chi connectivity index (χ0n) is 11.2. The molecule has 6 nitrogen and oxygen atoms in total. The van der Waals surface area contributed by atoms with E-state index >= 15 is 0 Å². The number of oxime groups is 1. The van der Waals surface area contributed by atoms with Gasteiger partial charge in [-0.2, -0.15) is 0 Å². The molecule has 18 heavy (non-hydrogen) atoms. The lowest BCUT2D eigenvalue weighted by Crippen LogP contribution is -2.35. The van der Waals surface area contributed by atoms with E-state index in [0.717, 1.165) is 11.3 Å². The van der Waals surface area contributed by atoms with Gasteiger partial charge in [-0.25, -0.2) is 4.98 Å². The fraction of sp³-hybridized carbons (Fsp3) is 0.500. The van der Waals surface area contributed by atoms with Crippen molar-refractivity contribution >= 4 is 11.7 Å². The van der Waals surface area contributed by atoms with Crippen molar-refractivity contribution in [1.29, 1.82) is 0 Å². The minimum Gasteiger partial charge on any atom is -0.409 e. The molecule has 0 spiro atoms. The highest BCUT2D eigenvalue weighted by Gasteiger charge is 2.19. The molecular formula is C12H20N4O2. The van der Waals surface area contributed by atoms with Gasteiger partial charge in [-0.15, -0.1) is 0 Å². The molecule has 0 bridgehead atoms. The molecule has 0 saturated heterocycles. The van der Waals surface area contributed by atoms with Crippen LogP contribution in [0.4, 0.5) is 5.82 Å². The van der Waals surface area contributed by atoms with Crippen molar-refractivity contribution < 1.29 is 10.3 Å². The maximum Gasteiger partial charge on any atom is 0.174 e. The van der Waals surface area contributed by atoms with Crippen LogP contribution in [0.1, 0.15) is 23.7 Å². The van der Waals surface area contributed by atoms with Gasteiger partial charge >= 0.3 is 0 Å². The van der Waals surface area contributed by atoms with Crippen LogP contribution < -0.4 is 10.6 Å². The number of aryl methyl sites for hydroxylation is 2. The SMILES string of the molecule is Cc1cc(C)c(/C(N)=N/O)c(N(C)C(C)CO)n1. The van der Waals surface area contributed by atoms with Gasteiger partial charge < -0.3 is 20.9 Å². The van der Waals surface area contributed by atoms with Crippen molar-refractivity contribution in [3.63, 3.8) is 0 Å². The molecule has 6 heteroatoms. The van der Waals surface area contributed by atoms with Gasteiger partial charge in [0.2, 0.25) is 0 Å². The standard InChI is InChI=1S/C12H20N4O2/c1-7-5-8(2)14-12(10(7)11(13)15-18)16(4)9(3)6-17/h5,9,17-18H,6H2,1-4H3,(H2,13,15). The van der Waals surface area contributed by atoms with E-state index in [1.165, 1.54) is 0 Å². The molecule has 1 atom stereocenters. The highest BCUT2D eigenvalue weighted by Crippen LogP contribution is 2.23. The van der Waals surface area contributed by atoms with Crippen LogP contribution in [0.2, 0.25) is 0 Å². The summed E-state index contributed by atoms with van der Waals surface area (Å²) in [7, 11) is 1.82. The minimum atomic E-state index is -0.107. The number of pyridine rings is 1. The summed E-state index contributed by atoms with van der Waals surface area (Å²) in [6, 6.07) is 1.76. The molecule has 1 unspecified atom stereocenters. The second-order valence-electron chi connectivity index (χ2n) is 4.41. The first-order valence-corrected chi connectivity index (χ1v) is 5.72. The van der Waals surface area contributed by atoms with Gasteiger partial charge in [-0.05, 0) is 32.4 Å². The highest BCUT2D eigenvalue weighted by molar-refractivity contribution is 6.02. The van der Waals surface area contributed by atoms with E-state index in [1.807, 2.05) is 38.8 Å². The molecule has 4 N–H and O–H groups in total. The molecular weight excluding hydrogens is 232 g/mol. The van der Waals surface area contributed by atoms with E-state index in [-0.39, 0.29) is 18.5 Å². The third kappa shape index (κ3) is 2.70. The first-order chi connectivity index (χ1) is 8.42. The molecule has 0 aliphatic heterocycles. The quantitative estimate of drug-likeness (QED) is 0.316. The largest absolute Gasteiger partial charge is 0.409 e. The van der Waals surface area contributed by atoms with Crippen molar-refractivity contribution in [1.82, 2.24) is 4.98 Å². The number of aromatic nitrogens is 1. The maximum absolute atomic E-state index is 9.21. The Morgan fingerprint density at radius 3 is 2.67 bits per heavy atom. The van der Waals surface area contributed by atoms with Crippen molar-refractivity contribution in [2.24, 2.45) is 10.9 Å². The van der Waals surface area contributed by atoms with Gasteiger partial charge in [0.25, 0.3) is 0 Å². The van der Waals surface area contributed by atoms with Gasteiger partial charge in [-0.1, -0.05) is 5.16 Å². The van der Waals surface area contributed by atoms with Crippen LogP contribution in [0.15, 0.2) is 11.2 Å². The van der Waals surface area contributed by atoms with Crippen LogP contribution >= 0.6 is 0 Å². The first kappa shape index (κ1) is 14.2. The average Bonchev–Trinajstić information content (AvgIpc) is 2.35. The third-order valence-corrected chi connectivity index (χ3v) is 2.95. The summed E-state index contributed by atoms with van der Waals surface area (Å²) < 4.78 is 0. The van der Waals surface area contributed by atoms with Crippen molar-refractivity contribution in [3.05, 3.63) is 22.9 Å². The number of hydrogen-bond acceptors (Lipinski definition) is 5. The van der Waals surface area contributed by atoms with E-state index in [9.17, 15) is 5.11 Å². The molecule has 1 heterocycles. The number of hydrogen-bond donors (Lipinski definition) is 3. The number of aliphatic hydroxyl groups excluding tert-OH is 1. The van der Waals surface area contributed by atoms with Crippen LogP contribution in [0.5, 0.6) is 0 Å². The molecule has 1 aromatic rings. The van der Waals surface area contributed by atoms with Crippen molar-refractivity contribution in [2.75, 3.05) is 18.6 Å². The Balaban J connectivity index is 3.41. The molecule has 0 amide bonds. The lowest BCUT2D eigenvalue weighted by atomic mass is 10.1. The van der Waals surface area contributed by atoms with E-state index in [0.29, 0.717) is 11.4 Å². The fourth-order valence-electron chi connectivity index (χ4n) is 1.77. The monoisotopic (exact) mass is 252 g/mol. The third-order valence-electron chi connectivity index (χ3n) is 2.95. The first-order valence-electron chi connectivity index (χ1n) is 5.72. The summed E-state index contributed by atoms with van der Waals surface area (Å²) in [6.07, 6.45) is 0. The summed E-state index contributed by atoms with van der Waals surface area (Å²) in [4.78, 5) is 6.23. The van der Waals surface area contributed by atoms with Gasteiger partial charge in [0.05, 0.1) is 18.2 Å². The fourth-order valence-corrected chi connectivity index (χ4v) is 1.77. The minimum absolute atomic E-state index is 0.000776. The molecule has 1 rings (SSSR count). The molecule has 0 aromatic carbocycles. The van der Waals surface area contributed by atoms with Crippen LogP contribution in [0, 0.1) is 13.8 Å². The summed E-state index contributed by atoms with van der Waals surface area (Å²) in [5.74, 6) is 0.622. The van der Waals surface area contributed by atoms with Gasteiger partial charge in [0.15, 0.2) is 5.84 Å². The van der Waals surface area contributed by atoms with E-state index < -0.39 is 0 Å². The molecule has 0 fully saturated rings. The predicted molar refractivity (Wildman–Crippen MR) is 71.2 cm³/mol. The Labute approximate surface area is 107 Å². The molecule has 100 valence electrons. The van der Waals surface area contributed by atoms with E-state index in [4.69, 9.17) is 10.9 Å². The average molecular weight is 252 g/mol. The number of rotatable bonds is 4. The summed E-state index contributed by atoms with van der Waals surface area (Å²) in [6.45, 7) is 5.63. The molecule has 1 aromatic heterocycles. The molecule has 0 aliphatic carbocycles. The van der Waals surface area contributed by atoms with Crippen molar-refractivity contribution in [2.45, 2.75) is 26.8 Å². The number of anilines is 1. The number of likely N-dealkylation sites (N-methyl/N-ethyl adjacent to an activating group) is 1. The number of nitrogens with zero attached hydrogens (tertiary/aromatic N) is 3. The van der Waals surface area contributed by atoms with E-state index in [1.54, 1.807) is 0 Å². The number of amidine groups is 1. The smallest absolute Gasteiger partial charge is 0.174 e. The van der Waals surface area contributed by atoms with Gasteiger partial charge in [-0.3, -0.25) is 0 Å². The lowest BCUT2D eigenvalue weighted by molar-refractivity contribution is 0.269. The number of aliphatic hydroxyl groups is 1. The normalized spacial score (nSPS) is 13.5. The Hall–Kier alpha value is -1.82. The predicted octanol–water partition coefficient (Wildman–Crippen LogP) is 0.610. The Morgan fingerprint density at radius 1 is 1.56 bits per heavy atom. The number of nitrogens with two attached hydrogens (primary N) is 1. The molecule has 0 aliphatic rings. The van der Waals surface area contributed by atoms with Crippen LogP contribution in [-0.4, -0.2) is 40.8 Å². The zero-order chi connectivity index (χ0) is 13.9. The topological polar surface area (TPSA) is 95.0 Å². The molecule has 0 radical (unpaired) electrons. The summed E-state index contributed by atoms with van der Waals surface area (Å²) >= 11 is 0. The van der Waals surface area contributed by atoms with E-state index in [2.05, 4.69) is 10.1 Å². The second kappa shape index (κ2) is 5.68. The van der Waals surface area contributed by atoms with Gasteiger partial charge in [0, 0.05) is 12.7 Å². The van der Waals surface area contributed by atoms with Crippen LogP contribution in [-0.2, 0) is 0 Å². The Morgan fingerprint density at radius 2 is 2.17 bits per heavy atom. The Kier molecular flexibility index (Phi) is 4.49. The summed E-state index contributed by atoms with van der Waals surface area (Å²) in [5.41, 5.74) is 8.01. The highest BCUT2D eigenvalue weighted by atomic mass is 16.4. The van der Waals surface area contributed by atoms with Crippen LogP contribution in [0.25, 0.3) is 0 Å². The van der Waals surface area contributed by atoms with Crippen molar-refractivity contribution in [3.8, 4) is 0 Å². The second-order valence-corrected chi connectivity index (χ2v) is 4.41.